The molecule has 0 saturated carbocycles. The zero-order valence-electron chi connectivity index (χ0n) is 11.0. The summed E-state index contributed by atoms with van der Waals surface area (Å²) >= 11 is 3.42. The average Bonchev–Trinajstić information content (AvgIpc) is 2.29. The number of hydrogen-bond acceptors (Lipinski definition) is 1. The van der Waals surface area contributed by atoms with Crippen molar-refractivity contribution in [1.29, 1.82) is 0 Å². The van der Waals surface area contributed by atoms with E-state index in [9.17, 15) is 4.79 Å². The van der Waals surface area contributed by atoms with E-state index >= 15 is 0 Å². The molecule has 0 aliphatic carbocycles. The van der Waals surface area contributed by atoms with Crippen molar-refractivity contribution in [2.24, 2.45) is 5.92 Å². The molecule has 96 valence electrons. The Bertz CT molecular complexity index is 179. The van der Waals surface area contributed by atoms with Gasteiger partial charge < -0.3 is 4.90 Å². The highest BCUT2D eigenvalue weighted by molar-refractivity contribution is 9.09. The Labute approximate surface area is 109 Å². The van der Waals surface area contributed by atoms with E-state index in [1.165, 1.54) is 12.8 Å². The fourth-order valence-corrected chi connectivity index (χ4v) is 2.34. The summed E-state index contributed by atoms with van der Waals surface area (Å²) in [5, 5.41) is 0.878. The summed E-state index contributed by atoms with van der Waals surface area (Å²) in [4.78, 5) is 14.3. The van der Waals surface area contributed by atoms with Crippen molar-refractivity contribution in [3.8, 4) is 0 Å². The van der Waals surface area contributed by atoms with Gasteiger partial charge in [-0.05, 0) is 19.3 Å². The Hall–Kier alpha value is -0.0500. The number of halogens is 1. The molecule has 1 unspecified atom stereocenters. The smallest absolute Gasteiger partial charge is 0.225 e. The van der Waals surface area contributed by atoms with Crippen molar-refractivity contribution in [2.45, 2.75) is 52.9 Å². The van der Waals surface area contributed by atoms with Gasteiger partial charge in [-0.2, -0.15) is 0 Å². The Morgan fingerprint density at radius 2 is 1.88 bits per heavy atom. The first-order valence-electron chi connectivity index (χ1n) is 6.55. The number of unbranched alkanes of at least 4 members (excludes halogenated alkanes) is 1. The van der Waals surface area contributed by atoms with Crippen LogP contribution in [0.1, 0.15) is 52.9 Å². The molecule has 0 aromatic carbocycles. The third-order valence-corrected chi connectivity index (χ3v) is 3.26. The van der Waals surface area contributed by atoms with Gasteiger partial charge >= 0.3 is 0 Å². The predicted molar refractivity (Wildman–Crippen MR) is 74.0 cm³/mol. The quantitative estimate of drug-likeness (QED) is 0.591. The highest BCUT2D eigenvalue weighted by Crippen LogP contribution is 2.16. The second-order valence-corrected chi connectivity index (χ2v) is 5.05. The van der Waals surface area contributed by atoms with Gasteiger partial charge in [-0.3, -0.25) is 4.79 Å². The van der Waals surface area contributed by atoms with E-state index in [-0.39, 0.29) is 5.92 Å². The highest BCUT2D eigenvalue weighted by Gasteiger charge is 2.21. The van der Waals surface area contributed by atoms with Crippen LogP contribution in [0.3, 0.4) is 0 Å². The summed E-state index contributed by atoms with van der Waals surface area (Å²) in [7, 11) is 0. The van der Waals surface area contributed by atoms with Gasteiger partial charge in [-0.15, -0.1) is 0 Å². The van der Waals surface area contributed by atoms with Crippen LogP contribution in [-0.2, 0) is 4.79 Å². The zero-order chi connectivity index (χ0) is 12.4. The van der Waals surface area contributed by atoms with Gasteiger partial charge in [0, 0.05) is 24.3 Å². The zero-order valence-corrected chi connectivity index (χ0v) is 12.6. The van der Waals surface area contributed by atoms with Crippen molar-refractivity contribution in [2.75, 3.05) is 18.4 Å². The molecule has 16 heavy (non-hydrogen) atoms. The Balaban J connectivity index is 4.29. The third-order valence-electron chi connectivity index (χ3n) is 2.91. The number of hydrogen-bond donors (Lipinski definition) is 0. The van der Waals surface area contributed by atoms with Gasteiger partial charge in [0.25, 0.3) is 0 Å². The van der Waals surface area contributed by atoms with Gasteiger partial charge in [0.1, 0.15) is 0 Å². The minimum atomic E-state index is 0.241. The lowest BCUT2D eigenvalue weighted by molar-refractivity contribution is -0.135. The number of nitrogens with zero attached hydrogens (tertiary/aromatic N) is 1. The molecule has 1 atom stereocenters. The lowest BCUT2D eigenvalue weighted by Crippen LogP contribution is -2.37. The maximum atomic E-state index is 12.3. The van der Waals surface area contributed by atoms with E-state index in [2.05, 4.69) is 36.7 Å². The van der Waals surface area contributed by atoms with Crippen LogP contribution >= 0.6 is 15.9 Å². The third kappa shape index (κ3) is 5.88. The predicted octanol–water partition coefficient (Wildman–Crippen LogP) is 3.84. The normalized spacial score (nSPS) is 12.5. The highest BCUT2D eigenvalue weighted by atomic mass is 79.9. The van der Waals surface area contributed by atoms with Crippen LogP contribution in [0.15, 0.2) is 0 Å². The molecule has 2 nitrogen and oxygen atoms in total. The molecule has 0 spiro atoms. The van der Waals surface area contributed by atoms with Gasteiger partial charge in [-0.25, -0.2) is 0 Å². The van der Waals surface area contributed by atoms with Crippen LogP contribution in [0, 0.1) is 5.92 Å². The molecule has 0 aliphatic heterocycles. The topological polar surface area (TPSA) is 20.3 Å². The van der Waals surface area contributed by atoms with Crippen molar-refractivity contribution in [3.63, 3.8) is 0 Å². The van der Waals surface area contributed by atoms with E-state index in [1.54, 1.807) is 0 Å². The van der Waals surface area contributed by atoms with Crippen molar-refractivity contribution < 1.29 is 4.79 Å². The van der Waals surface area contributed by atoms with Gasteiger partial charge in [0.2, 0.25) is 5.91 Å². The molecule has 0 radical (unpaired) electrons. The molecule has 0 bridgehead atoms. The number of rotatable bonds is 9. The SMILES string of the molecule is CCCCC(CC)C(=O)N(CCC)CCBr. The first-order valence-corrected chi connectivity index (χ1v) is 7.68. The minimum absolute atomic E-state index is 0.241. The maximum Gasteiger partial charge on any atom is 0.225 e. The second kappa shape index (κ2) is 10.1. The summed E-state index contributed by atoms with van der Waals surface area (Å²) in [5.41, 5.74) is 0. The minimum Gasteiger partial charge on any atom is -0.342 e. The summed E-state index contributed by atoms with van der Waals surface area (Å²) < 4.78 is 0. The molecule has 0 aromatic rings. The Morgan fingerprint density at radius 1 is 1.19 bits per heavy atom. The van der Waals surface area contributed by atoms with E-state index in [0.717, 1.165) is 37.7 Å². The van der Waals surface area contributed by atoms with Crippen LogP contribution < -0.4 is 0 Å². The molecule has 0 heterocycles. The van der Waals surface area contributed by atoms with Gasteiger partial charge in [-0.1, -0.05) is 49.5 Å². The van der Waals surface area contributed by atoms with E-state index in [4.69, 9.17) is 0 Å². The molecule has 0 rings (SSSR count). The number of carbonyl (C=O) groups is 1. The number of carbonyl (C=O) groups excluding carboxylic acids is 1. The largest absolute Gasteiger partial charge is 0.342 e. The lowest BCUT2D eigenvalue weighted by Gasteiger charge is -2.26. The molecule has 3 heteroatoms. The summed E-state index contributed by atoms with van der Waals surface area (Å²) in [6, 6.07) is 0. The molecule has 0 aliphatic rings. The molecule has 0 fully saturated rings. The Kier molecular flexibility index (Phi) is 10.1. The van der Waals surface area contributed by atoms with E-state index < -0.39 is 0 Å². The molecule has 1 amide bonds. The van der Waals surface area contributed by atoms with Gasteiger partial charge in [0.05, 0.1) is 0 Å². The van der Waals surface area contributed by atoms with Crippen molar-refractivity contribution >= 4 is 21.8 Å². The standard InChI is InChI=1S/C13H26BrNO/c1-4-7-8-12(6-3)13(16)15(10-5-2)11-9-14/h12H,4-11H2,1-3H3. The van der Waals surface area contributed by atoms with Gasteiger partial charge in [0.15, 0.2) is 0 Å². The second-order valence-electron chi connectivity index (χ2n) is 4.26. The monoisotopic (exact) mass is 291 g/mol. The van der Waals surface area contributed by atoms with E-state index in [1.807, 2.05) is 4.90 Å². The molecule has 0 N–H and O–H groups in total. The molecular weight excluding hydrogens is 266 g/mol. The molecule has 0 saturated heterocycles. The first kappa shape index (κ1) is 16.0. The summed E-state index contributed by atoms with van der Waals surface area (Å²) in [6.07, 6.45) is 5.41. The van der Waals surface area contributed by atoms with Crippen LogP contribution in [0.2, 0.25) is 0 Å². The lowest BCUT2D eigenvalue weighted by atomic mass is 9.97. The van der Waals surface area contributed by atoms with Crippen LogP contribution in [0.5, 0.6) is 0 Å². The van der Waals surface area contributed by atoms with Crippen LogP contribution in [0.4, 0.5) is 0 Å². The summed E-state index contributed by atoms with van der Waals surface area (Å²) in [6.45, 7) is 8.17. The Morgan fingerprint density at radius 3 is 2.31 bits per heavy atom. The fraction of sp³-hybridized carbons (Fsp3) is 0.923. The molecule has 0 aromatic heterocycles. The number of alkyl halides is 1. The van der Waals surface area contributed by atoms with Crippen LogP contribution in [0.25, 0.3) is 0 Å². The van der Waals surface area contributed by atoms with Crippen molar-refractivity contribution in [3.05, 3.63) is 0 Å². The fourth-order valence-electron chi connectivity index (χ4n) is 1.92. The maximum absolute atomic E-state index is 12.3. The van der Waals surface area contributed by atoms with Crippen LogP contribution in [-0.4, -0.2) is 29.2 Å². The number of amides is 1. The van der Waals surface area contributed by atoms with E-state index in [0.29, 0.717) is 5.91 Å². The molecular formula is C13H26BrNO. The summed E-state index contributed by atoms with van der Waals surface area (Å²) in [5.74, 6) is 0.600. The van der Waals surface area contributed by atoms with Crippen molar-refractivity contribution in [1.82, 2.24) is 4.90 Å². The first-order chi connectivity index (χ1) is 7.71. The average molecular weight is 292 g/mol.